The van der Waals surface area contributed by atoms with E-state index >= 15 is 0 Å². The van der Waals surface area contributed by atoms with E-state index in [9.17, 15) is 0 Å². The molecular weight excluding hydrogens is 242 g/mol. The van der Waals surface area contributed by atoms with Gasteiger partial charge in [0.1, 0.15) is 5.01 Å². The molecule has 1 aliphatic rings. The SMILES string of the molecule is CC(C)NC1CCCN(C(C)(C)c2nccs2)C1. The number of piperidine rings is 1. The highest BCUT2D eigenvalue weighted by Gasteiger charge is 2.34. The number of thiazole rings is 1. The number of nitrogens with zero attached hydrogens (tertiary/aromatic N) is 2. The highest BCUT2D eigenvalue weighted by molar-refractivity contribution is 7.09. The summed E-state index contributed by atoms with van der Waals surface area (Å²) in [6.45, 7) is 11.4. The van der Waals surface area contributed by atoms with Crippen molar-refractivity contribution in [2.75, 3.05) is 13.1 Å². The molecule has 2 heterocycles. The zero-order chi connectivity index (χ0) is 13.2. The second-order valence-electron chi connectivity index (χ2n) is 6.00. The Morgan fingerprint density at radius 1 is 1.50 bits per heavy atom. The van der Waals surface area contributed by atoms with Crippen LogP contribution in [-0.2, 0) is 5.54 Å². The smallest absolute Gasteiger partial charge is 0.112 e. The zero-order valence-corrected chi connectivity index (χ0v) is 12.8. The van der Waals surface area contributed by atoms with Gasteiger partial charge in [-0.2, -0.15) is 0 Å². The molecule has 1 N–H and O–H groups in total. The van der Waals surface area contributed by atoms with E-state index in [-0.39, 0.29) is 5.54 Å². The van der Waals surface area contributed by atoms with Gasteiger partial charge in [0, 0.05) is 30.2 Å². The van der Waals surface area contributed by atoms with Gasteiger partial charge in [-0.15, -0.1) is 11.3 Å². The Morgan fingerprint density at radius 2 is 2.28 bits per heavy atom. The first-order chi connectivity index (χ1) is 8.50. The minimum atomic E-state index is 0.0610. The van der Waals surface area contributed by atoms with Crippen LogP contribution in [0.15, 0.2) is 11.6 Å². The third-order valence-electron chi connectivity index (χ3n) is 3.74. The first-order valence-corrected chi connectivity index (χ1v) is 7.79. The van der Waals surface area contributed by atoms with Crippen LogP contribution in [0.1, 0.15) is 45.5 Å². The summed E-state index contributed by atoms with van der Waals surface area (Å²) in [7, 11) is 0. The summed E-state index contributed by atoms with van der Waals surface area (Å²) < 4.78 is 0. The van der Waals surface area contributed by atoms with Crippen molar-refractivity contribution in [1.29, 1.82) is 0 Å². The second kappa shape index (κ2) is 5.68. The molecule has 0 bridgehead atoms. The largest absolute Gasteiger partial charge is 0.311 e. The van der Waals surface area contributed by atoms with Gasteiger partial charge in [-0.3, -0.25) is 4.90 Å². The first-order valence-electron chi connectivity index (χ1n) is 6.91. The van der Waals surface area contributed by atoms with E-state index in [1.54, 1.807) is 11.3 Å². The average molecular weight is 267 g/mol. The lowest BCUT2D eigenvalue weighted by atomic mass is 9.96. The van der Waals surface area contributed by atoms with Crippen molar-refractivity contribution in [2.24, 2.45) is 0 Å². The molecule has 0 saturated carbocycles. The Hall–Kier alpha value is -0.450. The summed E-state index contributed by atoms with van der Waals surface area (Å²) in [6.07, 6.45) is 4.48. The van der Waals surface area contributed by atoms with E-state index in [1.165, 1.54) is 24.4 Å². The third-order valence-corrected chi connectivity index (χ3v) is 4.82. The lowest BCUT2D eigenvalue weighted by molar-refractivity contribution is 0.0739. The standard InChI is InChI=1S/C14H25N3S/c1-11(2)16-12-6-5-8-17(10-12)14(3,4)13-15-7-9-18-13/h7,9,11-12,16H,5-6,8,10H2,1-4H3. The molecule has 1 saturated heterocycles. The molecule has 0 spiro atoms. The summed E-state index contributed by atoms with van der Waals surface area (Å²) in [4.78, 5) is 7.08. The lowest BCUT2D eigenvalue weighted by Gasteiger charge is -2.43. The predicted molar refractivity (Wildman–Crippen MR) is 78.0 cm³/mol. The average Bonchev–Trinajstić information content (AvgIpc) is 2.82. The van der Waals surface area contributed by atoms with Crippen LogP contribution in [0.25, 0.3) is 0 Å². The van der Waals surface area contributed by atoms with Crippen LogP contribution in [0.4, 0.5) is 0 Å². The Morgan fingerprint density at radius 3 is 2.89 bits per heavy atom. The highest BCUT2D eigenvalue weighted by Crippen LogP contribution is 2.31. The van der Waals surface area contributed by atoms with Gasteiger partial charge < -0.3 is 5.32 Å². The molecular formula is C14H25N3S. The van der Waals surface area contributed by atoms with E-state index in [4.69, 9.17) is 0 Å². The fraction of sp³-hybridized carbons (Fsp3) is 0.786. The molecule has 3 nitrogen and oxygen atoms in total. The summed E-state index contributed by atoms with van der Waals surface area (Å²) in [5.74, 6) is 0. The van der Waals surface area contributed by atoms with E-state index < -0.39 is 0 Å². The van der Waals surface area contributed by atoms with Crippen molar-refractivity contribution >= 4 is 11.3 Å². The van der Waals surface area contributed by atoms with Crippen molar-refractivity contribution in [3.63, 3.8) is 0 Å². The van der Waals surface area contributed by atoms with Gasteiger partial charge in [0.05, 0.1) is 5.54 Å². The van der Waals surface area contributed by atoms with Crippen LogP contribution in [0.5, 0.6) is 0 Å². The van der Waals surface area contributed by atoms with Crippen LogP contribution in [0.2, 0.25) is 0 Å². The molecule has 102 valence electrons. The Bertz CT molecular complexity index is 359. The van der Waals surface area contributed by atoms with Gasteiger partial charge in [-0.25, -0.2) is 4.98 Å². The Balaban J connectivity index is 2.04. The first kappa shape index (κ1) is 14.0. The maximum absolute atomic E-state index is 4.51. The van der Waals surface area contributed by atoms with Crippen molar-refractivity contribution in [2.45, 2.75) is 58.2 Å². The topological polar surface area (TPSA) is 28.2 Å². The third kappa shape index (κ3) is 3.11. The number of hydrogen-bond acceptors (Lipinski definition) is 4. The van der Waals surface area contributed by atoms with Gasteiger partial charge in [0.15, 0.2) is 0 Å². The van der Waals surface area contributed by atoms with Gasteiger partial charge in [0.2, 0.25) is 0 Å². The van der Waals surface area contributed by atoms with Crippen LogP contribution in [0.3, 0.4) is 0 Å². The van der Waals surface area contributed by atoms with E-state index in [0.29, 0.717) is 12.1 Å². The second-order valence-corrected chi connectivity index (χ2v) is 6.90. The van der Waals surface area contributed by atoms with E-state index in [0.717, 1.165) is 6.54 Å². The molecule has 1 aliphatic heterocycles. The predicted octanol–water partition coefficient (Wildman–Crippen LogP) is 2.84. The number of rotatable bonds is 4. The van der Waals surface area contributed by atoms with Crippen LogP contribution in [0, 0.1) is 0 Å². The molecule has 18 heavy (non-hydrogen) atoms. The molecule has 1 fully saturated rings. The quantitative estimate of drug-likeness (QED) is 0.909. The van der Waals surface area contributed by atoms with Gasteiger partial charge in [-0.05, 0) is 33.2 Å². The summed E-state index contributed by atoms with van der Waals surface area (Å²) in [5.41, 5.74) is 0.0610. The van der Waals surface area contributed by atoms with Crippen LogP contribution < -0.4 is 5.32 Å². The summed E-state index contributed by atoms with van der Waals surface area (Å²) in [6, 6.07) is 1.19. The zero-order valence-electron chi connectivity index (χ0n) is 11.9. The number of nitrogens with one attached hydrogen (secondary N) is 1. The van der Waals surface area contributed by atoms with Crippen molar-refractivity contribution in [3.05, 3.63) is 16.6 Å². The molecule has 0 radical (unpaired) electrons. The van der Waals surface area contributed by atoms with Crippen LogP contribution >= 0.6 is 11.3 Å². The van der Waals surface area contributed by atoms with Crippen molar-refractivity contribution in [1.82, 2.24) is 15.2 Å². The lowest BCUT2D eigenvalue weighted by Crippen LogP contribution is -2.53. The number of likely N-dealkylation sites (tertiary alicyclic amines) is 1. The molecule has 1 unspecified atom stereocenters. The fourth-order valence-electron chi connectivity index (χ4n) is 2.75. The molecule has 2 rings (SSSR count). The maximum atomic E-state index is 4.51. The van der Waals surface area contributed by atoms with E-state index in [1.807, 2.05) is 6.20 Å². The molecule has 4 heteroatoms. The maximum Gasteiger partial charge on any atom is 0.112 e. The monoisotopic (exact) mass is 267 g/mol. The molecule has 1 aromatic heterocycles. The molecule has 1 aromatic rings. The van der Waals surface area contributed by atoms with Crippen LogP contribution in [-0.4, -0.2) is 35.1 Å². The summed E-state index contributed by atoms with van der Waals surface area (Å²) in [5, 5.41) is 6.97. The minimum absolute atomic E-state index is 0.0610. The van der Waals surface area contributed by atoms with Gasteiger partial charge >= 0.3 is 0 Å². The summed E-state index contributed by atoms with van der Waals surface area (Å²) >= 11 is 1.77. The number of hydrogen-bond donors (Lipinski definition) is 1. The molecule has 0 aromatic carbocycles. The fourth-order valence-corrected chi connectivity index (χ4v) is 3.54. The van der Waals surface area contributed by atoms with Crippen molar-refractivity contribution < 1.29 is 0 Å². The normalized spacial score (nSPS) is 22.6. The molecule has 0 aliphatic carbocycles. The van der Waals surface area contributed by atoms with E-state index in [2.05, 4.69) is 48.3 Å². The molecule has 1 atom stereocenters. The Kier molecular flexibility index (Phi) is 4.41. The van der Waals surface area contributed by atoms with Crippen molar-refractivity contribution in [3.8, 4) is 0 Å². The molecule has 0 amide bonds. The highest BCUT2D eigenvalue weighted by atomic mass is 32.1. The minimum Gasteiger partial charge on any atom is -0.311 e. The Labute approximate surface area is 115 Å². The number of aromatic nitrogens is 1. The van der Waals surface area contributed by atoms with Gasteiger partial charge in [-0.1, -0.05) is 13.8 Å². The van der Waals surface area contributed by atoms with Gasteiger partial charge in [0.25, 0.3) is 0 Å².